The maximum atomic E-state index is 10.9. The molecule has 1 fully saturated rings. The Bertz CT molecular complexity index is 505. The Morgan fingerprint density at radius 1 is 1.45 bits per heavy atom. The van der Waals surface area contributed by atoms with Gasteiger partial charge in [-0.1, -0.05) is 12.1 Å². The molecule has 0 aromatic heterocycles. The predicted octanol–water partition coefficient (Wildman–Crippen LogP) is 3.09. The van der Waals surface area contributed by atoms with Crippen molar-refractivity contribution in [2.75, 3.05) is 13.1 Å². The second kappa shape index (κ2) is 6.20. The third-order valence-corrected chi connectivity index (χ3v) is 4.72. The van der Waals surface area contributed by atoms with Gasteiger partial charge in [0.15, 0.2) is 0 Å². The number of rotatable bonds is 3. The summed E-state index contributed by atoms with van der Waals surface area (Å²) in [7, 11) is 0. The molecule has 1 N–H and O–H groups in total. The maximum Gasteiger partial charge on any atom is 0.283 e. The van der Waals surface area contributed by atoms with E-state index >= 15 is 0 Å². The third-order valence-electron chi connectivity index (χ3n) is 3.81. The Kier molecular flexibility index (Phi) is 4.78. The van der Waals surface area contributed by atoms with E-state index in [-0.39, 0.29) is 10.6 Å². The van der Waals surface area contributed by atoms with Gasteiger partial charge in [-0.25, -0.2) is 0 Å². The Labute approximate surface area is 126 Å². The van der Waals surface area contributed by atoms with Crippen LogP contribution in [0, 0.1) is 10.1 Å². The summed E-state index contributed by atoms with van der Waals surface area (Å²) in [6, 6.07) is 5.12. The molecule has 0 saturated carbocycles. The minimum Gasteiger partial charge on any atom is -0.390 e. The van der Waals surface area contributed by atoms with Crippen molar-refractivity contribution >= 4 is 21.6 Å². The van der Waals surface area contributed by atoms with Crippen LogP contribution in [0.1, 0.15) is 31.7 Å². The van der Waals surface area contributed by atoms with Gasteiger partial charge in [0.05, 0.1) is 15.0 Å². The summed E-state index contributed by atoms with van der Waals surface area (Å²) in [5.41, 5.74) is 0.430. The third kappa shape index (κ3) is 3.77. The van der Waals surface area contributed by atoms with Crippen molar-refractivity contribution in [1.29, 1.82) is 0 Å². The molecule has 0 aliphatic carbocycles. The number of nitro groups is 1. The first-order valence-electron chi connectivity index (χ1n) is 6.75. The van der Waals surface area contributed by atoms with Crippen LogP contribution < -0.4 is 0 Å². The molecule has 5 nitrogen and oxygen atoms in total. The van der Waals surface area contributed by atoms with E-state index in [1.807, 2.05) is 13.0 Å². The van der Waals surface area contributed by atoms with Gasteiger partial charge in [-0.15, -0.1) is 0 Å². The van der Waals surface area contributed by atoms with Crippen LogP contribution in [0.15, 0.2) is 22.7 Å². The molecule has 20 heavy (non-hydrogen) atoms. The summed E-state index contributed by atoms with van der Waals surface area (Å²) in [4.78, 5) is 12.8. The lowest BCUT2D eigenvalue weighted by Gasteiger charge is -2.22. The molecule has 1 aromatic rings. The fourth-order valence-corrected chi connectivity index (χ4v) is 3.08. The van der Waals surface area contributed by atoms with Gasteiger partial charge in [-0.05, 0) is 54.2 Å². The largest absolute Gasteiger partial charge is 0.390 e. The van der Waals surface area contributed by atoms with Crippen molar-refractivity contribution in [3.8, 4) is 0 Å². The highest BCUT2D eigenvalue weighted by molar-refractivity contribution is 9.10. The lowest BCUT2D eigenvalue weighted by molar-refractivity contribution is -0.385. The van der Waals surface area contributed by atoms with E-state index in [9.17, 15) is 15.2 Å². The standard InChI is InChI=1S/C14H19BrN2O3/c1-14(18)6-3-8-16(9-7-14)10-11-4-2-5-12(13(11)15)17(19)20/h2,4-5,18H,3,6-10H2,1H3. The van der Waals surface area contributed by atoms with E-state index in [0.717, 1.165) is 37.9 Å². The van der Waals surface area contributed by atoms with E-state index in [0.29, 0.717) is 11.0 Å². The first-order chi connectivity index (χ1) is 9.39. The minimum atomic E-state index is -0.589. The van der Waals surface area contributed by atoms with Gasteiger partial charge >= 0.3 is 0 Å². The number of nitrogens with zero attached hydrogens (tertiary/aromatic N) is 2. The fourth-order valence-electron chi connectivity index (χ4n) is 2.55. The number of benzene rings is 1. The Morgan fingerprint density at radius 3 is 2.90 bits per heavy atom. The molecule has 1 heterocycles. The summed E-state index contributed by atoms with van der Waals surface area (Å²) >= 11 is 3.33. The van der Waals surface area contributed by atoms with Crippen molar-refractivity contribution in [2.24, 2.45) is 0 Å². The number of aliphatic hydroxyl groups is 1. The molecule has 1 aliphatic rings. The zero-order valence-electron chi connectivity index (χ0n) is 11.5. The SMILES string of the molecule is CC1(O)CCCN(Cc2cccc([N+](=O)[O-])c2Br)CC1. The number of hydrogen-bond acceptors (Lipinski definition) is 4. The topological polar surface area (TPSA) is 66.6 Å². The first-order valence-corrected chi connectivity index (χ1v) is 7.55. The van der Waals surface area contributed by atoms with Gasteiger partial charge in [0.25, 0.3) is 5.69 Å². The molecule has 1 saturated heterocycles. The van der Waals surface area contributed by atoms with Crippen molar-refractivity contribution in [2.45, 2.75) is 38.3 Å². The van der Waals surface area contributed by atoms with E-state index < -0.39 is 5.60 Å². The molecule has 1 aromatic carbocycles. The monoisotopic (exact) mass is 342 g/mol. The maximum absolute atomic E-state index is 10.9. The average molecular weight is 343 g/mol. The molecule has 1 unspecified atom stereocenters. The van der Waals surface area contributed by atoms with Crippen LogP contribution in [0.5, 0.6) is 0 Å². The summed E-state index contributed by atoms with van der Waals surface area (Å²) in [5, 5.41) is 21.0. The van der Waals surface area contributed by atoms with E-state index in [1.165, 1.54) is 6.07 Å². The first kappa shape index (κ1) is 15.4. The highest BCUT2D eigenvalue weighted by Crippen LogP contribution is 2.30. The van der Waals surface area contributed by atoms with Gasteiger partial charge in [0.2, 0.25) is 0 Å². The Hall–Kier alpha value is -0.980. The van der Waals surface area contributed by atoms with Crippen molar-refractivity contribution in [1.82, 2.24) is 4.90 Å². The van der Waals surface area contributed by atoms with Crippen molar-refractivity contribution in [3.05, 3.63) is 38.3 Å². The quantitative estimate of drug-likeness (QED) is 0.677. The molecule has 1 aliphatic heterocycles. The van der Waals surface area contributed by atoms with Gasteiger partial charge in [0.1, 0.15) is 0 Å². The van der Waals surface area contributed by atoms with Gasteiger partial charge in [-0.3, -0.25) is 15.0 Å². The number of hydrogen-bond donors (Lipinski definition) is 1. The van der Waals surface area contributed by atoms with Crippen LogP contribution >= 0.6 is 15.9 Å². The fraction of sp³-hybridized carbons (Fsp3) is 0.571. The molecule has 2 rings (SSSR count). The smallest absolute Gasteiger partial charge is 0.283 e. The Balaban J connectivity index is 2.10. The van der Waals surface area contributed by atoms with Crippen LogP contribution in [0.25, 0.3) is 0 Å². The minimum absolute atomic E-state index is 0.101. The normalized spacial score (nSPS) is 24.4. The number of nitro benzene ring substituents is 1. The Morgan fingerprint density at radius 2 is 2.20 bits per heavy atom. The van der Waals surface area contributed by atoms with Gasteiger partial charge < -0.3 is 5.11 Å². The molecular formula is C14H19BrN2O3. The van der Waals surface area contributed by atoms with Crippen LogP contribution in [0.2, 0.25) is 0 Å². The second-order valence-corrected chi connectivity index (χ2v) is 6.43. The summed E-state index contributed by atoms with van der Waals surface area (Å²) in [6.07, 6.45) is 2.48. The molecule has 0 amide bonds. The average Bonchev–Trinajstić information content (AvgIpc) is 2.53. The van der Waals surface area contributed by atoms with E-state index in [4.69, 9.17) is 0 Å². The van der Waals surface area contributed by atoms with E-state index in [1.54, 1.807) is 6.07 Å². The van der Waals surface area contributed by atoms with Gasteiger partial charge in [0, 0.05) is 19.2 Å². The molecule has 0 radical (unpaired) electrons. The molecule has 0 bridgehead atoms. The number of halogens is 1. The zero-order valence-corrected chi connectivity index (χ0v) is 13.1. The highest BCUT2D eigenvalue weighted by Gasteiger charge is 2.25. The molecule has 6 heteroatoms. The van der Waals surface area contributed by atoms with E-state index in [2.05, 4.69) is 20.8 Å². The van der Waals surface area contributed by atoms with Crippen LogP contribution in [0.4, 0.5) is 5.69 Å². The van der Waals surface area contributed by atoms with Crippen LogP contribution in [0.3, 0.4) is 0 Å². The highest BCUT2D eigenvalue weighted by atomic mass is 79.9. The lowest BCUT2D eigenvalue weighted by atomic mass is 9.98. The lowest BCUT2D eigenvalue weighted by Crippen LogP contribution is -2.28. The van der Waals surface area contributed by atoms with Crippen molar-refractivity contribution in [3.63, 3.8) is 0 Å². The second-order valence-electron chi connectivity index (χ2n) is 5.63. The molecule has 0 spiro atoms. The van der Waals surface area contributed by atoms with Crippen LogP contribution in [-0.2, 0) is 6.54 Å². The molecule has 1 atom stereocenters. The summed E-state index contributed by atoms with van der Waals surface area (Å²) in [5.74, 6) is 0. The molecule has 110 valence electrons. The summed E-state index contributed by atoms with van der Waals surface area (Å²) in [6.45, 7) is 4.26. The van der Waals surface area contributed by atoms with Gasteiger partial charge in [-0.2, -0.15) is 0 Å². The molecular weight excluding hydrogens is 324 g/mol. The van der Waals surface area contributed by atoms with Crippen LogP contribution in [-0.4, -0.2) is 33.6 Å². The predicted molar refractivity (Wildman–Crippen MR) is 80.5 cm³/mol. The zero-order chi connectivity index (χ0) is 14.8. The number of likely N-dealkylation sites (tertiary alicyclic amines) is 1. The summed E-state index contributed by atoms with van der Waals surface area (Å²) < 4.78 is 0.556. The van der Waals surface area contributed by atoms with Crippen molar-refractivity contribution < 1.29 is 10.0 Å².